The first kappa shape index (κ1) is 18.0. The molecule has 2 aliphatic carbocycles. The number of hydrogen-bond acceptors (Lipinski definition) is 1. The summed E-state index contributed by atoms with van der Waals surface area (Å²) in [5.41, 5.74) is 9.29. The topological polar surface area (TPSA) is 12.0 Å². The molecule has 1 nitrogen and oxygen atoms in total. The summed E-state index contributed by atoms with van der Waals surface area (Å²) < 4.78 is 0. The number of allylic oxidation sites excluding steroid dienone is 4. The highest BCUT2D eigenvalue weighted by molar-refractivity contribution is 5.82. The van der Waals surface area contributed by atoms with Crippen LogP contribution in [0.2, 0.25) is 0 Å². The summed E-state index contributed by atoms with van der Waals surface area (Å²) in [5, 5.41) is 3.61. The minimum atomic E-state index is 0.0307. The molecule has 0 aromatic heterocycles. The van der Waals surface area contributed by atoms with Crippen LogP contribution in [0.4, 0.5) is 11.4 Å². The maximum absolute atomic E-state index is 3.61. The Morgan fingerprint density at radius 3 is 2.21 bits per heavy atom. The van der Waals surface area contributed by atoms with Gasteiger partial charge in [0.25, 0.3) is 0 Å². The van der Waals surface area contributed by atoms with Gasteiger partial charge in [0, 0.05) is 22.2 Å². The Balaban J connectivity index is 1.42. The third kappa shape index (κ3) is 2.93. The zero-order valence-electron chi connectivity index (χ0n) is 17.4. The van der Waals surface area contributed by atoms with Crippen molar-refractivity contribution in [3.05, 3.63) is 108 Å². The second kappa shape index (κ2) is 6.49. The van der Waals surface area contributed by atoms with Gasteiger partial charge in [-0.1, -0.05) is 87.5 Å². The van der Waals surface area contributed by atoms with E-state index in [9.17, 15) is 0 Å². The van der Waals surface area contributed by atoms with Crippen LogP contribution >= 0.6 is 0 Å². The second-order valence-corrected chi connectivity index (χ2v) is 9.04. The summed E-state index contributed by atoms with van der Waals surface area (Å²) in [4.78, 5) is 0. The Kier molecular flexibility index (Phi) is 4.03. The van der Waals surface area contributed by atoms with Crippen molar-refractivity contribution in [2.45, 2.75) is 38.0 Å². The molecule has 1 N–H and O–H groups in total. The molecule has 1 unspecified atom stereocenters. The van der Waals surface area contributed by atoms with Crippen molar-refractivity contribution in [2.24, 2.45) is 0 Å². The molecule has 0 bridgehead atoms. The molecule has 0 spiro atoms. The van der Waals surface area contributed by atoms with Crippen LogP contribution in [0, 0.1) is 0 Å². The average Bonchev–Trinajstić information content (AvgIpc) is 2.96. The number of hydrogen-bond donors (Lipinski definition) is 1. The number of fused-ring (bicyclic) bond motifs is 3. The Morgan fingerprint density at radius 2 is 1.45 bits per heavy atom. The summed E-state index contributed by atoms with van der Waals surface area (Å²) in [6.45, 7) is 6.95. The highest BCUT2D eigenvalue weighted by atomic mass is 14.9. The predicted molar refractivity (Wildman–Crippen MR) is 124 cm³/mol. The third-order valence-corrected chi connectivity index (χ3v) is 6.67. The van der Waals surface area contributed by atoms with E-state index < -0.39 is 0 Å². The minimum absolute atomic E-state index is 0.0307. The van der Waals surface area contributed by atoms with Gasteiger partial charge in [-0.15, -0.1) is 0 Å². The molecule has 144 valence electrons. The predicted octanol–water partition coefficient (Wildman–Crippen LogP) is 7.51. The lowest BCUT2D eigenvalue weighted by Gasteiger charge is -2.27. The number of anilines is 2. The van der Waals surface area contributed by atoms with E-state index in [2.05, 4.69) is 117 Å². The number of rotatable bonds is 3. The average molecular weight is 378 g/mol. The van der Waals surface area contributed by atoms with Crippen molar-refractivity contribution in [1.29, 1.82) is 0 Å². The van der Waals surface area contributed by atoms with E-state index in [4.69, 9.17) is 0 Å². The highest BCUT2D eigenvalue weighted by Crippen LogP contribution is 2.49. The Labute approximate surface area is 173 Å². The van der Waals surface area contributed by atoms with Gasteiger partial charge in [-0.2, -0.15) is 0 Å². The van der Waals surface area contributed by atoms with E-state index in [1.54, 1.807) is 0 Å². The van der Waals surface area contributed by atoms with Crippen molar-refractivity contribution in [3.8, 4) is 11.1 Å². The lowest BCUT2D eigenvalue weighted by molar-refractivity contribution is 0.600. The highest BCUT2D eigenvalue weighted by Gasteiger charge is 2.35. The normalized spacial score (nSPS) is 20.9. The molecule has 3 aromatic rings. The molecule has 0 saturated carbocycles. The van der Waals surface area contributed by atoms with Gasteiger partial charge in [-0.05, 0) is 58.5 Å². The Morgan fingerprint density at radius 1 is 0.724 bits per heavy atom. The summed E-state index contributed by atoms with van der Waals surface area (Å²) in [5.74, 6) is 0. The molecular formula is C28H27N. The van der Waals surface area contributed by atoms with Gasteiger partial charge in [0.05, 0.1) is 0 Å². The largest absolute Gasteiger partial charge is 0.356 e. The maximum atomic E-state index is 3.61. The maximum Gasteiger partial charge on any atom is 0.0387 e. The molecule has 2 aliphatic rings. The van der Waals surface area contributed by atoms with E-state index in [1.807, 2.05) is 0 Å². The molecule has 0 aliphatic heterocycles. The second-order valence-electron chi connectivity index (χ2n) is 9.04. The van der Waals surface area contributed by atoms with Crippen molar-refractivity contribution in [3.63, 3.8) is 0 Å². The van der Waals surface area contributed by atoms with Crippen molar-refractivity contribution >= 4 is 11.4 Å². The quantitative estimate of drug-likeness (QED) is 0.498. The van der Waals surface area contributed by atoms with Gasteiger partial charge in [0.15, 0.2) is 0 Å². The van der Waals surface area contributed by atoms with E-state index in [0.29, 0.717) is 0 Å². The lowest BCUT2D eigenvalue weighted by Crippen LogP contribution is -2.19. The van der Waals surface area contributed by atoms with Crippen LogP contribution in [0.15, 0.2) is 91.0 Å². The van der Waals surface area contributed by atoms with Gasteiger partial charge in [0.1, 0.15) is 0 Å². The summed E-state index contributed by atoms with van der Waals surface area (Å²) in [6, 6.07) is 24.4. The first-order valence-electron chi connectivity index (χ1n) is 10.4. The van der Waals surface area contributed by atoms with Crippen LogP contribution in [0.5, 0.6) is 0 Å². The fourth-order valence-electron chi connectivity index (χ4n) is 4.82. The fourth-order valence-corrected chi connectivity index (χ4v) is 4.82. The molecule has 0 fully saturated rings. The summed E-state index contributed by atoms with van der Waals surface area (Å²) in [6.07, 6.45) is 9.88. The van der Waals surface area contributed by atoms with E-state index >= 15 is 0 Å². The molecule has 0 radical (unpaired) electrons. The summed E-state index contributed by atoms with van der Waals surface area (Å²) >= 11 is 0. The fraction of sp³-hybridized carbons (Fsp3) is 0.214. The SMILES string of the molecule is CC1(c2ccc(Nc3ccc4c(c3)C(C)(C)c3ccccc3-4)cc2)C=CC=CC1. The van der Waals surface area contributed by atoms with Crippen molar-refractivity contribution in [2.75, 3.05) is 5.32 Å². The zero-order chi connectivity index (χ0) is 20.1. The van der Waals surface area contributed by atoms with E-state index in [0.717, 1.165) is 17.8 Å². The van der Waals surface area contributed by atoms with Crippen LogP contribution in [0.1, 0.15) is 43.9 Å². The first-order chi connectivity index (χ1) is 14.0. The van der Waals surface area contributed by atoms with Crippen LogP contribution in [-0.2, 0) is 10.8 Å². The van der Waals surface area contributed by atoms with Crippen molar-refractivity contribution in [1.82, 2.24) is 0 Å². The molecule has 5 rings (SSSR count). The molecule has 0 amide bonds. The molecule has 1 atom stereocenters. The van der Waals surface area contributed by atoms with Crippen molar-refractivity contribution < 1.29 is 0 Å². The number of nitrogens with one attached hydrogen (secondary N) is 1. The zero-order valence-corrected chi connectivity index (χ0v) is 17.4. The van der Waals surface area contributed by atoms with Crippen LogP contribution in [0.3, 0.4) is 0 Å². The Bertz CT molecular complexity index is 1130. The van der Waals surface area contributed by atoms with E-state index in [-0.39, 0.29) is 10.8 Å². The van der Waals surface area contributed by atoms with Crippen LogP contribution in [0.25, 0.3) is 11.1 Å². The first-order valence-corrected chi connectivity index (χ1v) is 10.4. The van der Waals surface area contributed by atoms with Gasteiger partial charge in [-0.3, -0.25) is 0 Å². The minimum Gasteiger partial charge on any atom is -0.356 e. The molecule has 0 heterocycles. The van der Waals surface area contributed by atoms with E-state index in [1.165, 1.54) is 27.8 Å². The number of benzene rings is 3. The van der Waals surface area contributed by atoms with Gasteiger partial charge < -0.3 is 5.32 Å². The standard InChI is InChI=1S/C28H27N/c1-27(2)25-10-6-5-9-23(25)24-16-15-22(19-26(24)27)29-21-13-11-20(12-14-21)28(3)17-7-4-8-18-28/h4-17,19,29H,18H2,1-3H3. The smallest absolute Gasteiger partial charge is 0.0387 e. The molecule has 1 heteroatoms. The Hall–Kier alpha value is -3.06. The third-order valence-electron chi connectivity index (χ3n) is 6.67. The monoisotopic (exact) mass is 377 g/mol. The molecular weight excluding hydrogens is 350 g/mol. The van der Waals surface area contributed by atoms with Crippen LogP contribution < -0.4 is 5.32 Å². The molecule has 3 aromatic carbocycles. The van der Waals surface area contributed by atoms with Crippen LogP contribution in [-0.4, -0.2) is 0 Å². The van der Waals surface area contributed by atoms with Gasteiger partial charge >= 0.3 is 0 Å². The van der Waals surface area contributed by atoms with Gasteiger partial charge in [-0.25, -0.2) is 0 Å². The lowest BCUT2D eigenvalue weighted by atomic mass is 9.77. The van der Waals surface area contributed by atoms with Gasteiger partial charge in [0.2, 0.25) is 0 Å². The molecule has 0 saturated heterocycles. The molecule has 29 heavy (non-hydrogen) atoms. The summed E-state index contributed by atoms with van der Waals surface area (Å²) in [7, 11) is 0.